The second-order valence-electron chi connectivity index (χ2n) is 9.87. The van der Waals surface area contributed by atoms with Crippen molar-refractivity contribution in [3.05, 3.63) is 11.1 Å². The average molecular weight is 390 g/mol. The quantitative estimate of drug-likeness (QED) is 0.437. The van der Waals surface area contributed by atoms with Crippen LogP contribution in [-0.2, 0) is 4.79 Å². The fourth-order valence-electron chi connectivity index (χ4n) is 7.15. The Bertz CT molecular complexity index is 712. The third-order valence-corrected chi connectivity index (χ3v) is 8.64. The first-order chi connectivity index (χ1) is 13.3. The molecule has 3 saturated carbocycles. The standard InChI is InChI=1S/C22H35N3O3/c1-13-8-9-14-10-16-18(19(27)28)17(26)11-22(13,16)21(14,2)12-24-20(23)25-15-6-4-3-5-7-15/h13-15,17,26H,3-12H2,1-2H3,(H,27,28)(H3,23,24,25). The molecular formula is C22H35N3O3. The second-order valence-corrected chi connectivity index (χ2v) is 9.87. The van der Waals surface area contributed by atoms with Gasteiger partial charge in [0.15, 0.2) is 5.96 Å². The fourth-order valence-corrected chi connectivity index (χ4v) is 7.15. The lowest BCUT2D eigenvalue weighted by Crippen LogP contribution is -2.50. The summed E-state index contributed by atoms with van der Waals surface area (Å²) in [4.78, 5) is 16.6. The molecule has 4 aliphatic rings. The molecule has 0 amide bonds. The van der Waals surface area contributed by atoms with Crippen LogP contribution in [0.25, 0.3) is 0 Å². The Balaban J connectivity index is 1.61. The van der Waals surface area contributed by atoms with Crippen LogP contribution in [0.1, 0.15) is 71.6 Å². The van der Waals surface area contributed by atoms with Crippen LogP contribution in [0.5, 0.6) is 0 Å². The first-order valence-electron chi connectivity index (χ1n) is 11.0. The molecule has 5 unspecified atom stereocenters. The monoisotopic (exact) mass is 389 g/mol. The number of carbonyl (C=O) groups is 1. The van der Waals surface area contributed by atoms with Crippen molar-refractivity contribution < 1.29 is 15.0 Å². The van der Waals surface area contributed by atoms with Crippen molar-refractivity contribution in [1.29, 1.82) is 0 Å². The third kappa shape index (κ3) is 2.78. The third-order valence-electron chi connectivity index (χ3n) is 8.64. The molecule has 4 rings (SSSR count). The lowest BCUT2D eigenvalue weighted by molar-refractivity contribution is -0.133. The summed E-state index contributed by atoms with van der Waals surface area (Å²) in [7, 11) is 0. The maximum atomic E-state index is 11.9. The summed E-state index contributed by atoms with van der Waals surface area (Å²) >= 11 is 0. The van der Waals surface area contributed by atoms with Crippen molar-refractivity contribution in [2.75, 3.05) is 6.54 Å². The van der Waals surface area contributed by atoms with Crippen LogP contribution in [0.2, 0.25) is 0 Å². The number of rotatable bonds is 4. The first-order valence-corrected chi connectivity index (χ1v) is 11.0. The van der Waals surface area contributed by atoms with E-state index in [2.05, 4.69) is 19.2 Å². The zero-order valence-electron chi connectivity index (χ0n) is 17.2. The molecule has 0 aromatic heterocycles. The SMILES string of the molecule is CC1CCC2CC3=C(C(=O)O)C(O)CC31C2(C)CN=C(N)NC1CCCCC1. The van der Waals surface area contributed by atoms with Crippen molar-refractivity contribution >= 4 is 11.9 Å². The van der Waals surface area contributed by atoms with Crippen molar-refractivity contribution in [3.8, 4) is 0 Å². The summed E-state index contributed by atoms with van der Waals surface area (Å²) in [6.45, 7) is 5.08. The van der Waals surface area contributed by atoms with E-state index in [9.17, 15) is 15.0 Å². The van der Waals surface area contributed by atoms with Crippen LogP contribution in [-0.4, -0.2) is 40.8 Å². The molecule has 156 valence electrons. The van der Waals surface area contributed by atoms with E-state index in [-0.39, 0.29) is 16.4 Å². The predicted octanol–water partition coefficient (Wildman–Crippen LogP) is 2.81. The van der Waals surface area contributed by atoms with Crippen LogP contribution >= 0.6 is 0 Å². The number of allylic oxidation sites excluding steroid dienone is 1. The lowest BCUT2D eigenvalue weighted by atomic mass is 9.52. The van der Waals surface area contributed by atoms with Gasteiger partial charge in [0.2, 0.25) is 0 Å². The second kappa shape index (κ2) is 7.05. The maximum Gasteiger partial charge on any atom is 0.334 e. The number of nitrogens with two attached hydrogens (primary N) is 1. The summed E-state index contributed by atoms with van der Waals surface area (Å²) in [5.74, 6) is 0.320. The number of guanidine groups is 1. The molecule has 0 saturated heterocycles. The molecule has 0 heterocycles. The number of aliphatic carboxylic acids is 1. The largest absolute Gasteiger partial charge is 0.478 e. The molecule has 2 bridgehead atoms. The van der Waals surface area contributed by atoms with Crippen LogP contribution in [0.15, 0.2) is 16.1 Å². The summed E-state index contributed by atoms with van der Waals surface area (Å²) in [5.41, 5.74) is 7.09. The van der Waals surface area contributed by atoms with E-state index in [0.29, 0.717) is 36.8 Å². The molecule has 0 aliphatic heterocycles. The van der Waals surface area contributed by atoms with E-state index >= 15 is 0 Å². The molecule has 0 aromatic carbocycles. The number of aliphatic imine (C=N–C) groups is 1. The van der Waals surface area contributed by atoms with Gasteiger partial charge >= 0.3 is 5.97 Å². The Kier molecular flexibility index (Phi) is 4.97. The Morgan fingerprint density at radius 2 is 1.96 bits per heavy atom. The molecule has 0 aromatic rings. The van der Waals surface area contributed by atoms with Gasteiger partial charge in [0, 0.05) is 23.4 Å². The van der Waals surface area contributed by atoms with Crippen LogP contribution < -0.4 is 11.1 Å². The summed E-state index contributed by atoms with van der Waals surface area (Å²) < 4.78 is 0. The normalized spacial score (nSPS) is 41.2. The van der Waals surface area contributed by atoms with Gasteiger partial charge in [-0.3, -0.25) is 4.99 Å². The van der Waals surface area contributed by atoms with E-state index in [4.69, 9.17) is 10.7 Å². The van der Waals surface area contributed by atoms with Gasteiger partial charge < -0.3 is 21.3 Å². The topological polar surface area (TPSA) is 108 Å². The Labute approximate surface area is 167 Å². The number of nitrogens with one attached hydrogen (secondary N) is 1. The van der Waals surface area contributed by atoms with Gasteiger partial charge in [-0.05, 0) is 55.9 Å². The molecule has 6 heteroatoms. The van der Waals surface area contributed by atoms with Gasteiger partial charge in [0.1, 0.15) is 0 Å². The van der Waals surface area contributed by atoms with Gasteiger partial charge in [-0.2, -0.15) is 0 Å². The minimum atomic E-state index is -0.955. The van der Waals surface area contributed by atoms with Gasteiger partial charge in [0.05, 0.1) is 11.7 Å². The lowest BCUT2D eigenvalue weighted by Gasteiger charge is -2.52. The highest BCUT2D eigenvalue weighted by Gasteiger charge is 2.68. The van der Waals surface area contributed by atoms with Crippen molar-refractivity contribution in [3.63, 3.8) is 0 Å². The molecule has 4 aliphatic carbocycles. The average Bonchev–Trinajstić information content (AvgIpc) is 3.01. The highest BCUT2D eigenvalue weighted by molar-refractivity contribution is 5.90. The number of hydrogen-bond donors (Lipinski definition) is 4. The maximum absolute atomic E-state index is 11.9. The number of fused-ring (bicyclic) bond motifs is 1. The Hall–Kier alpha value is -1.56. The minimum Gasteiger partial charge on any atom is -0.478 e. The van der Waals surface area contributed by atoms with Gasteiger partial charge in [-0.15, -0.1) is 0 Å². The van der Waals surface area contributed by atoms with E-state index in [1.54, 1.807) is 0 Å². The Morgan fingerprint density at radius 3 is 2.64 bits per heavy atom. The van der Waals surface area contributed by atoms with Crippen LogP contribution in [0.3, 0.4) is 0 Å². The molecule has 0 radical (unpaired) electrons. The number of nitrogens with zero attached hydrogens (tertiary/aromatic N) is 1. The van der Waals surface area contributed by atoms with Crippen molar-refractivity contribution in [1.82, 2.24) is 5.32 Å². The van der Waals surface area contributed by atoms with E-state index in [1.807, 2.05) is 0 Å². The predicted molar refractivity (Wildman–Crippen MR) is 109 cm³/mol. The number of aliphatic hydroxyl groups excluding tert-OH is 1. The summed E-state index contributed by atoms with van der Waals surface area (Å²) in [5, 5.41) is 23.7. The van der Waals surface area contributed by atoms with Crippen LogP contribution in [0.4, 0.5) is 0 Å². The molecular weight excluding hydrogens is 354 g/mol. The molecule has 28 heavy (non-hydrogen) atoms. The van der Waals surface area contributed by atoms with Crippen LogP contribution in [0, 0.1) is 22.7 Å². The Morgan fingerprint density at radius 1 is 1.25 bits per heavy atom. The van der Waals surface area contributed by atoms with Crippen molar-refractivity contribution in [2.45, 2.75) is 83.8 Å². The summed E-state index contributed by atoms with van der Waals surface area (Å²) in [6, 6.07) is 0.424. The van der Waals surface area contributed by atoms with E-state index in [0.717, 1.165) is 37.7 Å². The molecule has 6 nitrogen and oxygen atoms in total. The van der Waals surface area contributed by atoms with Gasteiger partial charge in [0.25, 0.3) is 0 Å². The number of carboxylic acids is 1. The van der Waals surface area contributed by atoms with Crippen molar-refractivity contribution in [2.24, 2.45) is 33.4 Å². The number of carboxylic acid groups (broad SMARTS) is 1. The molecule has 3 fully saturated rings. The molecule has 5 N–H and O–H groups in total. The zero-order valence-corrected chi connectivity index (χ0v) is 17.2. The van der Waals surface area contributed by atoms with E-state index in [1.165, 1.54) is 19.3 Å². The fraction of sp³-hybridized carbons (Fsp3) is 0.818. The summed E-state index contributed by atoms with van der Waals surface area (Å²) in [6.07, 6.45) is 8.71. The van der Waals surface area contributed by atoms with Gasteiger partial charge in [-0.25, -0.2) is 4.79 Å². The number of aliphatic hydroxyl groups is 1. The smallest absolute Gasteiger partial charge is 0.334 e. The molecule has 5 atom stereocenters. The minimum absolute atomic E-state index is 0.156. The highest BCUT2D eigenvalue weighted by atomic mass is 16.4. The number of hydrogen-bond acceptors (Lipinski definition) is 3. The zero-order chi connectivity index (χ0) is 20.1. The first kappa shape index (κ1) is 19.7. The van der Waals surface area contributed by atoms with E-state index < -0.39 is 12.1 Å². The highest BCUT2D eigenvalue weighted by Crippen LogP contribution is 2.72. The molecule has 1 spiro atoms. The van der Waals surface area contributed by atoms with Gasteiger partial charge in [-0.1, -0.05) is 33.1 Å².